The highest BCUT2D eigenvalue weighted by Gasteiger charge is 2.32. The first-order valence-electron chi connectivity index (χ1n) is 6.40. The minimum absolute atomic E-state index is 0.310. The van der Waals surface area contributed by atoms with Crippen molar-refractivity contribution in [2.45, 2.75) is 65.1 Å². The quantitative estimate of drug-likeness (QED) is 0.755. The maximum atomic E-state index is 10.1. The van der Waals surface area contributed by atoms with Crippen molar-refractivity contribution in [1.82, 2.24) is 0 Å². The van der Waals surface area contributed by atoms with Gasteiger partial charge in [0.05, 0.1) is 12.2 Å². The average molecular weight is 214 g/mol. The van der Waals surface area contributed by atoms with Crippen LogP contribution >= 0.6 is 0 Å². The lowest BCUT2D eigenvalue weighted by Crippen LogP contribution is -2.37. The molecule has 0 spiro atoms. The van der Waals surface area contributed by atoms with Crippen molar-refractivity contribution in [3.8, 4) is 0 Å². The molecule has 0 aromatic heterocycles. The Morgan fingerprint density at radius 2 is 1.60 bits per heavy atom. The Balaban J connectivity index is 2.47. The topological polar surface area (TPSA) is 40.5 Å². The van der Waals surface area contributed by atoms with E-state index in [0.29, 0.717) is 17.8 Å². The standard InChI is InChI=1S/C13H26O2/c1-4-5-12(14)13(15)11-7-9(2)6-10(3)8-11/h9-15H,4-8H2,1-3H3. The summed E-state index contributed by atoms with van der Waals surface area (Å²) in [4.78, 5) is 0. The molecular formula is C13H26O2. The van der Waals surface area contributed by atoms with Crippen LogP contribution in [-0.2, 0) is 0 Å². The third-order valence-corrected chi connectivity index (χ3v) is 3.68. The fourth-order valence-electron chi connectivity index (χ4n) is 3.07. The zero-order valence-electron chi connectivity index (χ0n) is 10.3. The number of aliphatic hydroxyl groups excluding tert-OH is 2. The van der Waals surface area contributed by atoms with Crippen molar-refractivity contribution in [2.75, 3.05) is 0 Å². The first-order chi connectivity index (χ1) is 7.04. The molecule has 2 nitrogen and oxygen atoms in total. The Bertz CT molecular complexity index is 171. The van der Waals surface area contributed by atoms with Crippen LogP contribution < -0.4 is 0 Å². The molecule has 1 fully saturated rings. The summed E-state index contributed by atoms with van der Waals surface area (Å²) in [5.41, 5.74) is 0. The number of hydrogen-bond acceptors (Lipinski definition) is 2. The number of hydrogen-bond donors (Lipinski definition) is 2. The smallest absolute Gasteiger partial charge is 0.0827 e. The van der Waals surface area contributed by atoms with E-state index in [9.17, 15) is 10.2 Å². The predicted octanol–water partition coefficient (Wildman–Crippen LogP) is 2.58. The summed E-state index contributed by atoms with van der Waals surface area (Å²) in [5, 5.41) is 19.9. The van der Waals surface area contributed by atoms with Crippen LogP contribution in [0, 0.1) is 17.8 Å². The summed E-state index contributed by atoms with van der Waals surface area (Å²) in [6.45, 7) is 6.55. The SMILES string of the molecule is CCCC(O)C(O)C1CC(C)CC(C)C1. The third kappa shape index (κ3) is 3.76. The van der Waals surface area contributed by atoms with Crippen LogP contribution in [0.5, 0.6) is 0 Å². The molecule has 0 aliphatic heterocycles. The monoisotopic (exact) mass is 214 g/mol. The molecule has 0 aromatic carbocycles. The van der Waals surface area contributed by atoms with Crippen LogP contribution in [0.15, 0.2) is 0 Å². The van der Waals surface area contributed by atoms with E-state index in [0.717, 1.165) is 25.7 Å². The second kappa shape index (κ2) is 5.86. The summed E-state index contributed by atoms with van der Waals surface area (Å²) >= 11 is 0. The molecule has 0 radical (unpaired) electrons. The molecule has 1 rings (SSSR count). The van der Waals surface area contributed by atoms with Crippen LogP contribution in [0.25, 0.3) is 0 Å². The molecule has 1 aliphatic rings. The summed E-state index contributed by atoms with van der Waals surface area (Å²) in [6, 6.07) is 0. The van der Waals surface area contributed by atoms with E-state index in [1.54, 1.807) is 0 Å². The van der Waals surface area contributed by atoms with Crippen molar-refractivity contribution in [1.29, 1.82) is 0 Å². The van der Waals surface area contributed by atoms with Gasteiger partial charge in [-0.3, -0.25) is 0 Å². The van der Waals surface area contributed by atoms with Crippen LogP contribution in [0.4, 0.5) is 0 Å². The van der Waals surface area contributed by atoms with Crippen molar-refractivity contribution in [3.05, 3.63) is 0 Å². The first kappa shape index (κ1) is 13.0. The Hall–Kier alpha value is -0.0800. The molecule has 0 saturated heterocycles. The molecule has 0 amide bonds. The minimum atomic E-state index is -0.516. The highest BCUT2D eigenvalue weighted by Crippen LogP contribution is 2.35. The molecule has 4 atom stereocenters. The maximum absolute atomic E-state index is 10.1. The van der Waals surface area contributed by atoms with Crippen LogP contribution in [0.2, 0.25) is 0 Å². The van der Waals surface area contributed by atoms with E-state index in [4.69, 9.17) is 0 Å². The van der Waals surface area contributed by atoms with E-state index < -0.39 is 12.2 Å². The zero-order chi connectivity index (χ0) is 11.4. The summed E-state index contributed by atoms with van der Waals surface area (Å²) in [5.74, 6) is 1.70. The third-order valence-electron chi connectivity index (χ3n) is 3.68. The molecule has 90 valence electrons. The predicted molar refractivity (Wildman–Crippen MR) is 62.6 cm³/mol. The van der Waals surface area contributed by atoms with E-state index in [2.05, 4.69) is 13.8 Å². The Morgan fingerprint density at radius 1 is 1.07 bits per heavy atom. The zero-order valence-corrected chi connectivity index (χ0v) is 10.3. The Morgan fingerprint density at radius 3 is 2.07 bits per heavy atom. The molecule has 15 heavy (non-hydrogen) atoms. The highest BCUT2D eigenvalue weighted by atomic mass is 16.3. The second-order valence-corrected chi connectivity index (χ2v) is 5.52. The van der Waals surface area contributed by atoms with Gasteiger partial charge in [-0.1, -0.05) is 27.2 Å². The second-order valence-electron chi connectivity index (χ2n) is 5.52. The maximum Gasteiger partial charge on any atom is 0.0827 e. The lowest BCUT2D eigenvalue weighted by atomic mass is 9.73. The molecule has 0 bridgehead atoms. The van der Waals surface area contributed by atoms with Crippen molar-refractivity contribution < 1.29 is 10.2 Å². The average Bonchev–Trinajstić information content (AvgIpc) is 2.15. The first-order valence-corrected chi connectivity index (χ1v) is 6.40. The lowest BCUT2D eigenvalue weighted by molar-refractivity contribution is -0.0417. The summed E-state index contributed by atoms with van der Waals surface area (Å²) in [7, 11) is 0. The minimum Gasteiger partial charge on any atom is -0.390 e. The molecule has 2 N–H and O–H groups in total. The molecular weight excluding hydrogens is 188 g/mol. The lowest BCUT2D eigenvalue weighted by Gasteiger charge is -2.36. The fourth-order valence-corrected chi connectivity index (χ4v) is 3.07. The molecule has 0 heterocycles. The van der Waals surface area contributed by atoms with E-state index >= 15 is 0 Å². The molecule has 1 saturated carbocycles. The van der Waals surface area contributed by atoms with Crippen LogP contribution in [0.3, 0.4) is 0 Å². The molecule has 0 aromatic rings. The van der Waals surface area contributed by atoms with Crippen molar-refractivity contribution >= 4 is 0 Å². The summed E-state index contributed by atoms with van der Waals surface area (Å²) in [6.07, 6.45) is 4.06. The van der Waals surface area contributed by atoms with Gasteiger partial charge in [-0.15, -0.1) is 0 Å². The van der Waals surface area contributed by atoms with E-state index in [1.807, 2.05) is 6.92 Å². The fraction of sp³-hybridized carbons (Fsp3) is 1.00. The van der Waals surface area contributed by atoms with Gasteiger partial charge in [-0.2, -0.15) is 0 Å². The van der Waals surface area contributed by atoms with Gasteiger partial charge in [0.1, 0.15) is 0 Å². The summed E-state index contributed by atoms with van der Waals surface area (Å²) < 4.78 is 0. The van der Waals surface area contributed by atoms with Gasteiger partial charge < -0.3 is 10.2 Å². The molecule has 2 heteroatoms. The Labute approximate surface area is 93.7 Å². The van der Waals surface area contributed by atoms with Gasteiger partial charge in [0, 0.05) is 0 Å². The van der Waals surface area contributed by atoms with E-state index in [1.165, 1.54) is 6.42 Å². The van der Waals surface area contributed by atoms with Gasteiger partial charge in [0.15, 0.2) is 0 Å². The van der Waals surface area contributed by atoms with Crippen molar-refractivity contribution in [2.24, 2.45) is 17.8 Å². The highest BCUT2D eigenvalue weighted by molar-refractivity contribution is 4.83. The van der Waals surface area contributed by atoms with Gasteiger partial charge >= 0.3 is 0 Å². The number of rotatable bonds is 4. The molecule has 4 unspecified atom stereocenters. The normalized spacial score (nSPS) is 36.2. The largest absolute Gasteiger partial charge is 0.390 e. The van der Waals surface area contributed by atoms with Crippen LogP contribution in [-0.4, -0.2) is 22.4 Å². The van der Waals surface area contributed by atoms with Gasteiger partial charge in [0.2, 0.25) is 0 Å². The van der Waals surface area contributed by atoms with Crippen LogP contribution in [0.1, 0.15) is 52.9 Å². The van der Waals surface area contributed by atoms with Crippen molar-refractivity contribution in [3.63, 3.8) is 0 Å². The van der Waals surface area contributed by atoms with Gasteiger partial charge in [-0.25, -0.2) is 0 Å². The van der Waals surface area contributed by atoms with Gasteiger partial charge in [-0.05, 0) is 43.4 Å². The number of aliphatic hydroxyl groups is 2. The molecule has 1 aliphatic carbocycles. The van der Waals surface area contributed by atoms with Gasteiger partial charge in [0.25, 0.3) is 0 Å². The Kier molecular flexibility index (Phi) is 5.07. The van der Waals surface area contributed by atoms with E-state index in [-0.39, 0.29) is 0 Å².